The summed E-state index contributed by atoms with van der Waals surface area (Å²) in [5.74, 6) is 0.0458. The Balaban J connectivity index is 2.06. The maximum Gasteiger partial charge on any atom is 0.193 e. The summed E-state index contributed by atoms with van der Waals surface area (Å²) in [6.45, 7) is 1.96. The number of nitrogens with zero attached hydrogens (tertiary/aromatic N) is 1. The molecule has 2 nitrogen and oxygen atoms in total. The fourth-order valence-electron chi connectivity index (χ4n) is 1.96. The number of halogens is 1. The van der Waals surface area contributed by atoms with Gasteiger partial charge in [-0.1, -0.05) is 6.07 Å². The van der Waals surface area contributed by atoms with Crippen LogP contribution < -0.4 is 0 Å². The quantitative estimate of drug-likeness (QED) is 0.642. The van der Waals surface area contributed by atoms with Gasteiger partial charge < -0.3 is 0 Å². The molecule has 1 aromatic carbocycles. The van der Waals surface area contributed by atoms with E-state index in [1.165, 1.54) is 11.3 Å². The van der Waals surface area contributed by atoms with E-state index >= 15 is 0 Å². The van der Waals surface area contributed by atoms with Crippen LogP contribution in [0.2, 0.25) is 0 Å². The molecule has 0 spiro atoms. The molecule has 0 radical (unpaired) electrons. The van der Waals surface area contributed by atoms with Crippen molar-refractivity contribution in [1.29, 1.82) is 0 Å². The number of carbonyl (C=O) groups is 1. The van der Waals surface area contributed by atoms with Crippen LogP contribution in [0.5, 0.6) is 0 Å². The fourth-order valence-corrected chi connectivity index (χ4v) is 3.10. The average Bonchev–Trinajstić information content (AvgIpc) is 2.84. The molecule has 0 aliphatic heterocycles. The van der Waals surface area contributed by atoms with Gasteiger partial charge in [-0.25, -0.2) is 0 Å². The molecule has 19 heavy (non-hydrogen) atoms. The molecule has 2 heterocycles. The van der Waals surface area contributed by atoms with Gasteiger partial charge in [0, 0.05) is 27.6 Å². The topological polar surface area (TPSA) is 30.0 Å². The number of ketones is 1. The lowest BCUT2D eigenvalue weighted by atomic mass is 10.0. The van der Waals surface area contributed by atoms with Crippen LogP contribution >= 0.6 is 27.3 Å². The maximum absolute atomic E-state index is 12.3. The van der Waals surface area contributed by atoms with Crippen LogP contribution in [0.4, 0.5) is 0 Å². The summed E-state index contributed by atoms with van der Waals surface area (Å²) in [5.41, 5.74) is 3.32. The number of hydrogen-bond donors (Lipinski definition) is 0. The number of fused-ring (bicyclic) bond motifs is 1. The Morgan fingerprint density at radius 2 is 2.00 bits per heavy atom. The van der Waals surface area contributed by atoms with Gasteiger partial charge in [-0.3, -0.25) is 9.78 Å². The van der Waals surface area contributed by atoms with Gasteiger partial charge in [-0.15, -0.1) is 11.3 Å². The molecule has 94 valence electrons. The molecule has 0 saturated carbocycles. The molecular weight excluding hydrogens is 322 g/mol. The van der Waals surface area contributed by atoms with E-state index in [4.69, 9.17) is 0 Å². The molecule has 0 aliphatic carbocycles. The van der Waals surface area contributed by atoms with Crippen molar-refractivity contribution in [2.24, 2.45) is 0 Å². The van der Waals surface area contributed by atoms with Crippen molar-refractivity contribution in [2.45, 2.75) is 6.92 Å². The normalized spacial score (nSPS) is 10.8. The van der Waals surface area contributed by atoms with Crippen molar-refractivity contribution in [3.63, 3.8) is 0 Å². The first-order chi connectivity index (χ1) is 9.13. The van der Waals surface area contributed by atoms with Crippen LogP contribution in [0.3, 0.4) is 0 Å². The van der Waals surface area contributed by atoms with E-state index in [-0.39, 0.29) is 5.78 Å². The maximum atomic E-state index is 12.3. The summed E-state index contributed by atoms with van der Waals surface area (Å²) in [7, 11) is 0. The number of benzene rings is 1. The lowest BCUT2D eigenvalue weighted by molar-refractivity contribution is 0.103. The zero-order valence-electron chi connectivity index (χ0n) is 10.2. The van der Waals surface area contributed by atoms with Crippen molar-refractivity contribution >= 4 is 44.0 Å². The average molecular weight is 332 g/mol. The molecule has 0 bridgehead atoms. The third-order valence-electron chi connectivity index (χ3n) is 2.92. The Kier molecular flexibility index (Phi) is 3.21. The van der Waals surface area contributed by atoms with Gasteiger partial charge in [0.25, 0.3) is 0 Å². The minimum atomic E-state index is 0.0458. The molecule has 0 aliphatic rings. The number of aryl methyl sites for hydroxylation is 1. The smallest absolute Gasteiger partial charge is 0.193 e. The van der Waals surface area contributed by atoms with E-state index in [0.29, 0.717) is 5.56 Å². The highest BCUT2D eigenvalue weighted by atomic mass is 79.9. The minimum absolute atomic E-state index is 0.0458. The van der Waals surface area contributed by atoms with E-state index in [2.05, 4.69) is 20.9 Å². The first-order valence-corrected chi connectivity index (χ1v) is 7.47. The molecular formula is C15H10BrNOS. The Bertz CT molecular complexity index is 779. The first kappa shape index (κ1) is 12.5. The van der Waals surface area contributed by atoms with E-state index in [9.17, 15) is 4.79 Å². The highest BCUT2D eigenvalue weighted by molar-refractivity contribution is 9.11. The Morgan fingerprint density at radius 1 is 1.16 bits per heavy atom. The molecule has 0 amide bonds. The number of thiophene rings is 1. The highest BCUT2D eigenvalue weighted by Crippen LogP contribution is 2.24. The highest BCUT2D eigenvalue weighted by Gasteiger charge is 2.11. The summed E-state index contributed by atoms with van der Waals surface area (Å²) in [5, 5.41) is 2.86. The molecule has 0 unspecified atom stereocenters. The monoisotopic (exact) mass is 331 g/mol. The SMILES string of the molecule is Cc1ccc2cc(C(=O)c3csc(Br)c3)ccc2n1. The Morgan fingerprint density at radius 3 is 2.74 bits per heavy atom. The zero-order valence-corrected chi connectivity index (χ0v) is 12.6. The molecule has 3 rings (SSSR count). The predicted octanol–water partition coefficient (Wildman–Crippen LogP) is 4.60. The third kappa shape index (κ3) is 2.46. The summed E-state index contributed by atoms with van der Waals surface area (Å²) >= 11 is 4.89. The van der Waals surface area contributed by atoms with Crippen molar-refractivity contribution < 1.29 is 4.79 Å². The lowest BCUT2D eigenvalue weighted by Crippen LogP contribution is -1.99. The van der Waals surface area contributed by atoms with Crippen molar-refractivity contribution in [3.05, 3.63) is 62.4 Å². The summed E-state index contributed by atoms with van der Waals surface area (Å²) in [6, 6.07) is 11.4. The molecule has 3 aromatic rings. The van der Waals surface area contributed by atoms with Crippen molar-refractivity contribution in [2.75, 3.05) is 0 Å². The molecule has 0 fully saturated rings. The molecule has 4 heteroatoms. The number of aromatic nitrogens is 1. The standard InChI is InChI=1S/C15H10BrNOS/c1-9-2-3-10-6-11(4-5-13(10)17-9)15(18)12-7-14(16)19-8-12/h2-8H,1H3. The van der Waals surface area contributed by atoms with Crippen LogP contribution in [-0.4, -0.2) is 10.8 Å². The van der Waals surface area contributed by atoms with E-state index in [0.717, 1.165) is 25.9 Å². The van der Waals surface area contributed by atoms with Crippen LogP contribution in [0.1, 0.15) is 21.6 Å². The number of pyridine rings is 1. The van der Waals surface area contributed by atoms with E-state index in [1.54, 1.807) is 0 Å². The molecule has 0 saturated heterocycles. The van der Waals surface area contributed by atoms with E-state index in [1.807, 2.05) is 48.7 Å². The second kappa shape index (κ2) is 4.87. The number of carbonyl (C=O) groups excluding carboxylic acids is 1. The van der Waals surface area contributed by atoms with Crippen LogP contribution in [-0.2, 0) is 0 Å². The van der Waals surface area contributed by atoms with Gasteiger partial charge >= 0.3 is 0 Å². The predicted molar refractivity (Wildman–Crippen MR) is 81.9 cm³/mol. The van der Waals surface area contributed by atoms with Crippen LogP contribution in [0.25, 0.3) is 10.9 Å². The van der Waals surface area contributed by atoms with Gasteiger partial charge in [0.1, 0.15) is 0 Å². The summed E-state index contributed by atoms with van der Waals surface area (Å²) < 4.78 is 0.967. The van der Waals surface area contributed by atoms with Crippen molar-refractivity contribution in [3.8, 4) is 0 Å². The zero-order chi connectivity index (χ0) is 13.4. The third-order valence-corrected chi connectivity index (χ3v) is 4.42. The van der Waals surface area contributed by atoms with Gasteiger partial charge in [0.2, 0.25) is 0 Å². The molecule has 0 atom stereocenters. The van der Waals surface area contributed by atoms with Crippen molar-refractivity contribution in [1.82, 2.24) is 4.98 Å². The number of hydrogen-bond acceptors (Lipinski definition) is 3. The van der Waals surface area contributed by atoms with E-state index < -0.39 is 0 Å². The second-order valence-corrected chi connectivity index (χ2v) is 6.62. The van der Waals surface area contributed by atoms with Crippen LogP contribution in [0, 0.1) is 6.92 Å². The molecule has 2 aromatic heterocycles. The minimum Gasteiger partial charge on any atom is -0.289 e. The lowest BCUT2D eigenvalue weighted by Gasteiger charge is -2.02. The second-order valence-electron chi connectivity index (χ2n) is 4.33. The van der Waals surface area contributed by atoms with Crippen LogP contribution in [0.15, 0.2) is 45.6 Å². The fraction of sp³-hybridized carbons (Fsp3) is 0.0667. The Labute approximate surface area is 123 Å². The largest absolute Gasteiger partial charge is 0.289 e. The summed E-state index contributed by atoms with van der Waals surface area (Å²) in [4.78, 5) is 16.8. The Hall–Kier alpha value is -1.52. The van der Waals surface area contributed by atoms with Gasteiger partial charge in [0.05, 0.1) is 9.30 Å². The van der Waals surface area contributed by atoms with Gasteiger partial charge in [0.15, 0.2) is 5.78 Å². The first-order valence-electron chi connectivity index (χ1n) is 5.79. The van der Waals surface area contributed by atoms with Gasteiger partial charge in [-0.05, 0) is 53.2 Å². The summed E-state index contributed by atoms with van der Waals surface area (Å²) in [6.07, 6.45) is 0. The van der Waals surface area contributed by atoms with Gasteiger partial charge in [-0.2, -0.15) is 0 Å². The number of rotatable bonds is 2. The molecule has 0 N–H and O–H groups in total.